The van der Waals surface area contributed by atoms with Crippen LogP contribution < -0.4 is 4.90 Å². The van der Waals surface area contributed by atoms with Crippen LogP contribution in [0.2, 0.25) is 0 Å². The molecule has 0 aliphatic heterocycles. The van der Waals surface area contributed by atoms with Gasteiger partial charge in [-0.2, -0.15) is 5.26 Å². The molecule has 1 aliphatic rings. The number of nitrogens with zero attached hydrogens (tertiary/aromatic N) is 3. The molecule has 0 atom stereocenters. The third kappa shape index (κ3) is 4.14. The fourth-order valence-corrected chi connectivity index (χ4v) is 3.95. The molecule has 0 radical (unpaired) electrons. The highest BCUT2D eigenvalue weighted by molar-refractivity contribution is 8.00. The smallest absolute Gasteiger partial charge is 0.237 e. The molecule has 0 saturated heterocycles. The van der Waals surface area contributed by atoms with E-state index >= 15 is 0 Å². The Labute approximate surface area is 158 Å². The number of benzene rings is 1. The quantitative estimate of drug-likeness (QED) is 0.572. The predicted molar refractivity (Wildman–Crippen MR) is 105 cm³/mol. The topological polar surface area (TPSA) is 57.0 Å². The van der Waals surface area contributed by atoms with E-state index in [1.807, 2.05) is 36.4 Å². The summed E-state index contributed by atoms with van der Waals surface area (Å²) in [6.07, 6.45) is 5.94. The van der Waals surface area contributed by atoms with E-state index in [9.17, 15) is 10.1 Å². The third-order valence-corrected chi connectivity index (χ3v) is 5.38. The molecule has 3 rings (SSSR count). The number of thioether (sulfide) groups is 1. The molecule has 5 heteroatoms. The summed E-state index contributed by atoms with van der Waals surface area (Å²) in [7, 11) is 0. The van der Waals surface area contributed by atoms with Gasteiger partial charge in [-0.3, -0.25) is 4.79 Å². The standard InChI is InChI=1S/C21H21N3OS/c1-2-12-24(18-9-4-3-5-10-18)20(25)15-26-21-17(14-22)13-16-8-6-7-11-19(16)23-21/h2-5,9-10,13H,1,6-8,11-12,15H2. The highest BCUT2D eigenvalue weighted by Gasteiger charge is 2.19. The van der Waals surface area contributed by atoms with Crippen molar-refractivity contribution < 1.29 is 4.79 Å². The Hall–Kier alpha value is -2.58. The van der Waals surface area contributed by atoms with Crippen LogP contribution in [0.3, 0.4) is 0 Å². The molecule has 1 amide bonds. The Morgan fingerprint density at radius 1 is 1.31 bits per heavy atom. The molecule has 26 heavy (non-hydrogen) atoms. The minimum absolute atomic E-state index is 0.0236. The fraction of sp³-hybridized carbons (Fsp3) is 0.286. The molecular formula is C21H21N3OS. The van der Waals surface area contributed by atoms with E-state index < -0.39 is 0 Å². The van der Waals surface area contributed by atoms with Gasteiger partial charge >= 0.3 is 0 Å². The van der Waals surface area contributed by atoms with Crippen molar-refractivity contribution in [2.75, 3.05) is 17.2 Å². The molecule has 0 N–H and O–H groups in total. The zero-order valence-corrected chi connectivity index (χ0v) is 15.5. The van der Waals surface area contributed by atoms with Crippen LogP contribution in [0.4, 0.5) is 5.69 Å². The summed E-state index contributed by atoms with van der Waals surface area (Å²) in [5.41, 5.74) is 3.67. The van der Waals surface area contributed by atoms with Crippen molar-refractivity contribution in [1.82, 2.24) is 4.98 Å². The highest BCUT2D eigenvalue weighted by Crippen LogP contribution is 2.28. The molecule has 0 saturated carbocycles. The number of rotatable bonds is 6. The van der Waals surface area contributed by atoms with Gasteiger partial charge in [0, 0.05) is 17.9 Å². The van der Waals surface area contributed by atoms with Crippen LogP contribution in [0.25, 0.3) is 0 Å². The summed E-state index contributed by atoms with van der Waals surface area (Å²) in [6.45, 7) is 4.20. The lowest BCUT2D eigenvalue weighted by molar-refractivity contribution is -0.116. The summed E-state index contributed by atoms with van der Waals surface area (Å²) >= 11 is 1.34. The number of carbonyl (C=O) groups is 1. The van der Waals surface area contributed by atoms with E-state index in [2.05, 4.69) is 17.6 Å². The lowest BCUT2D eigenvalue weighted by Crippen LogP contribution is -2.32. The van der Waals surface area contributed by atoms with E-state index in [-0.39, 0.29) is 11.7 Å². The molecule has 0 bridgehead atoms. The van der Waals surface area contributed by atoms with Gasteiger partial charge < -0.3 is 4.90 Å². The average Bonchev–Trinajstić information content (AvgIpc) is 2.70. The first-order valence-electron chi connectivity index (χ1n) is 8.75. The Balaban J connectivity index is 1.76. The maximum absolute atomic E-state index is 12.7. The molecule has 132 valence electrons. The van der Waals surface area contributed by atoms with Crippen LogP contribution in [0.15, 0.2) is 54.1 Å². The molecule has 4 nitrogen and oxygen atoms in total. The van der Waals surface area contributed by atoms with E-state index in [1.165, 1.54) is 17.3 Å². The van der Waals surface area contributed by atoms with Crippen LogP contribution in [0.1, 0.15) is 29.7 Å². The number of anilines is 1. The van der Waals surface area contributed by atoms with Gasteiger partial charge in [-0.05, 0) is 49.4 Å². The lowest BCUT2D eigenvalue weighted by Gasteiger charge is -2.21. The molecule has 1 heterocycles. The van der Waals surface area contributed by atoms with Gasteiger partial charge in [-0.15, -0.1) is 6.58 Å². The molecule has 1 aromatic heterocycles. The molecule has 0 fully saturated rings. The van der Waals surface area contributed by atoms with Crippen molar-refractivity contribution in [3.8, 4) is 6.07 Å². The number of amides is 1. The monoisotopic (exact) mass is 363 g/mol. The fourth-order valence-electron chi connectivity index (χ4n) is 3.10. The second-order valence-corrected chi connectivity index (χ2v) is 7.15. The molecule has 1 aromatic carbocycles. The van der Waals surface area contributed by atoms with Crippen LogP contribution >= 0.6 is 11.8 Å². The van der Waals surface area contributed by atoms with Crippen molar-refractivity contribution >= 4 is 23.4 Å². The summed E-state index contributed by atoms with van der Waals surface area (Å²) < 4.78 is 0. The van der Waals surface area contributed by atoms with Gasteiger partial charge in [0.25, 0.3) is 0 Å². The number of nitriles is 1. The largest absolute Gasteiger partial charge is 0.308 e. The van der Waals surface area contributed by atoms with Crippen LogP contribution in [0.5, 0.6) is 0 Å². The first-order valence-corrected chi connectivity index (χ1v) is 9.73. The first kappa shape index (κ1) is 18.2. The van der Waals surface area contributed by atoms with Crippen molar-refractivity contribution in [3.63, 3.8) is 0 Å². The Morgan fingerprint density at radius 3 is 2.81 bits per heavy atom. The number of hydrogen-bond acceptors (Lipinski definition) is 4. The number of aryl methyl sites for hydroxylation is 2. The van der Waals surface area contributed by atoms with Crippen molar-refractivity contribution in [2.24, 2.45) is 0 Å². The lowest BCUT2D eigenvalue weighted by atomic mass is 9.95. The van der Waals surface area contributed by atoms with Gasteiger partial charge in [0.2, 0.25) is 5.91 Å². The number of pyridine rings is 1. The number of carbonyl (C=O) groups excluding carboxylic acids is 1. The van der Waals surface area contributed by atoms with Crippen molar-refractivity contribution in [1.29, 1.82) is 5.26 Å². The maximum Gasteiger partial charge on any atom is 0.237 e. The molecule has 0 unspecified atom stereocenters. The Morgan fingerprint density at radius 2 is 2.08 bits per heavy atom. The second-order valence-electron chi connectivity index (χ2n) is 6.18. The predicted octanol–water partition coefficient (Wildman–Crippen LogP) is 4.14. The number of hydrogen-bond donors (Lipinski definition) is 0. The van der Waals surface area contributed by atoms with Gasteiger partial charge in [0.05, 0.1) is 11.3 Å². The normalized spacial score (nSPS) is 12.7. The molecule has 1 aliphatic carbocycles. The van der Waals surface area contributed by atoms with E-state index in [4.69, 9.17) is 0 Å². The second kappa shape index (κ2) is 8.68. The minimum atomic E-state index is -0.0236. The van der Waals surface area contributed by atoms with Crippen LogP contribution in [0, 0.1) is 11.3 Å². The highest BCUT2D eigenvalue weighted by atomic mass is 32.2. The maximum atomic E-state index is 12.7. The molecule has 0 spiro atoms. The first-order chi connectivity index (χ1) is 12.7. The summed E-state index contributed by atoms with van der Waals surface area (Å²) in [5.74, 6) is 0.216. The third-order valence-electron chi connectivity index (χ3n) is 4.40. The summed E-state index contributed by atoms with van der Waals surface area (Å²) in [4.78, 5) is 19.1. The summed E-state index contributed by atoms with van der Waals surface area (Å²) in [5, 5.41) is 10.1. The summed E-state index contributed by atoms with van der Waals surface area (Å²) in [6, 6.07) is 13.7. The van der Waals surface area contributed by atoms with Gasteiger partial charge in [0.15, 0.2) is 0 Å². The number of para-hydroxylation sites is 1. The van der Waals surface area contributed by atoms with E-state index in [0.29, 0.717) is 17.1 Å². The van der Waals surface area contributed by atoms with Crippen LogP contribution in [-0.2, 0) is 17.6 Å². The zero-order chi connectivity index (χ0) is 18.4. The van der Waals surface area contributed by atoms with Gasteiger partial charge in [-0.1, -0.05) is 36.0 Å². The van der Waals surface area contributed by atoms with Crippen LogP contribution in [-0.4, -0.2) is 23.2 Å². The van der Waals surface area contributed by atoms with Crippen molar-refractivity contribution in [2.45, 2.75) is 30.7 Å². The van der Waals surface area contributed by atoms with Crippen molar-refractivity contribution in [3.05, 3.63) is 65.9 Å². The number of aromatic nitrogens is 1. The average molecular weight is 363 g/mol. The zero-order valence-electron chi connectivity index (χ0n) is 14.6. The molecular weight excluding hydrogens is 342 g/mol. The van der Waals surface area contributed by atoms with E-state index in [1.54, 1.807) is 11.0 Å². The Kier molecular flexibility index (Phi) is 6.08. The Bertz CT molecular complexity index is 842. The SMILES string of the molecule is C=CCN(C(=O)CSc1nc2c(cc1C#N)CCCC2)c1ccccc1. The van der Waals surface area contributed by atoms with Gasteiger partial charge in [-0.25, -0.2) is 4.98 Å². The molecule has 2 aromatic rings. The number of fused-ring (bicyclic) bond motifs is 1. The van der Waals surface area contributed by atoms with Gasteiger partial charge in [0.1, 0.15) is 11.1 Å². The minimum Gasteiger partial charge on any atom is -0.308 e. The van der Waals surface area contributed by atoms with E-state index in [0.717, 1.165) is 37.1 Å².